The Morgan fingerprint density at radius 2 is 1.82 bits per heavy atom. The van der Waals surface area contributed by atoms with Gasteiger partial charge in [0.2, 0.25) is 0 Å². The Labute approximate surface area is 94.8 Å². The second kappa shape index (κ2) is 4.27. The molecule has 1 atom stereocenters. The van der Waals surface area contributed by atoms with Crippen LogP contribution in [0.1, 0.15) is 22.8 Å². The fraction of sp³-hybridized carbons (Fsp3) is 0.455. The van der Waals surface area contributed by atoms with Gasteiger partial charge >= 0.3 is 12.3 Å². The SMILES string of the molecule is OC(c1ccc2c(c1)COC2)C(F)(F)C(F)F. The van der Waals surface area contributed by atoms with Gasteiger partial charge < -0.3 is 9.84 Å². The van der Waals surface area contributed by atoms with E-state index in [0.29, 0.717) is 12.2 Å². The van der Waals surface area contributed by atoms with Crippen LogP contribution in [0.15, 0.2) is 18.2 Å². The average molecular weight is 250 g/mol. The van der Waals surface area contributed by atoms with Gasteiger partial charge in [-0.2, -0.15) is 8.78 Å². The van der Waals surface area contributed by atoms with Crippen molar-refractivity contribution in [2.24, 2.45) is 0 Å². The first-order chi connectivity index (χ1) is 7.93. The van der Waals surface area contributed by atoms with Gasteiger partial charge in [-0.3, -0.25) is 0 Å². The second-order valence-corrected chi connectivity index (χ2v) is 3.90. The number of benzene rings is 1. The summed E-state index contributed by atoms with van der Waals surface area (Å²) in [5.74, 6) is -4.45. The maximum absolute atomic E-state index is 12.9. The zero-order valence-corrected chi connectivity index (χ0v) is 8.67. The summed E-state index contributed by atoms with van der Waals surface area (Å²) in [5.41, 5.74) is 1.24. The lowest BCUT2D eigenvalue weighted by molar-refractivity contribution is -0.193. The molecule has 6 heteroatoms. The molecule has 0 saturated heterocycles. The van der Waals surface area contributed by atoms with E-state index in [-0.39, 0.29) is 12.2 Å². The van der Waals surface area contributed by atoms with Gasteiger partial charge in [0.1, 0.15) is 6.10 Å². The largest absolute Gasteiger partial charge is 0.382 e. The highest BCUT2D eigenvalue weighted by atomic mass is 19.3. The number of aliphatic hydroxyl groups excluding tert-OH is 1. The second-order valence-electron chi connectivity index (χ2n) is 3.90. The predicted octanol–water partition coefficient (Wildman–Crippen LogP) is 2.65. The van der Waals surface area contributed by atoms with Crippen LogP contribution < -0.4 is 0 Å². The van der Waals surface area contributed by atoms with Crippen molar-refractivity contribution in [2.75, 3.05) is 0 Å². The van der Waals surface area contributed by atoms with Gasteiger partial charge in [-0.05, 0) is 16.7 Å². The summed E-state index contributed by atoms with van der Waals surface area (Å²) < 4.78 is 55.1. The molecular formula is C11H10F4O2. The van der Waals surface area contributed by atoms with E-state index in [1.54, 1.807) is 0 Å². The fourth-order valence-electron chi connectivity index (χ4n) is 1.70. The lowest BCUT2D eigenvalue weighted by Gasteiger charge is -2.22. The van der Waals surface area contributed by atoms with Crippen molar-refractivity contribution in [3.63, 3.8) is 0 Å². The van der Waals surface area contributed by atoms with Crippen LogP contribution in [0, 0.1) is 0 Å². The quantitative estimate of drug-likeness (QED) is 0.836. The molecular weight excluding hydrogens is 240 g/mol. The number of halogens is 4. The van der Waals surface area contributed by atoms with E-state index >= 15 is 0 Å². The van der Waals surface area contributed by atoms with Crippen LogP contribution in [0.4, 0.5) is 17.6 Å². The molecule has 1 aromatic carbocycles. The van der Waals surface area contributed by atoms with Gasteiger partial charge in [0.25, 0.3) is 0 Å². The van der Waals surface area contributed by atoms with E-state index in [1.807, 2.05) is 0 Å². The fourth-order valence-corrected chi connectivity index (χ4v) is 1.70. The molecule has 1 N–H and O–H groups in total. The molecule has 1 aliphatic heterocycles. The Balaban J connectivity index is 2.29. The first-order valence-corrected chi connectivity index (χ1v) is 4.96. The zero-order valence-electron chi connectivity index (χ0n) is 8.67. The summed E-state index contributed by atoms with van der Waals surface area (Å²) in [6.45, 7) is 0.618. The molecule has 1 unspecified atom stereocenters. The number of alkyl halides is 4. The first kappa shape index (κ1) is 12.3. The number of aliphatic hydroxyl groups is 1. The Bertz CT molecular complexity index is 420. The number of ether oxygens (including phenoxy) is 1. The van der Waals surface area contributed by atoms with Crippen LogP contribution in [-0.2, 0) is 18.0 Å². The van der Waals surface area contributed by atoms with Gasteiger partial charge in [0.05, 0.1) is 13.2 Å². The molecule has 0 radical (unpaired) electrons. The molecule has 94 valence electrons. The molecule has 0 aliphatic carbocycles. The van der Waals surface area contributed by atoms with Crippen LogP contribution in [0.5, 0.6) is 0 Å². The van der Waals surface area contributed by atoms with E-state index in [1.165, 1.54) is 18.2 Å². The smallest absolute Gasteiger partial charge is 0.336 e. The maximum atomic E-state index is 12.9. The molecule has 0 saturated carbocycles. The van der Waals surface area contributed by atoms with Crippen molar-refractivity contribution in [1.82, 2.24) is 0 Å². The normalized spacial score (nSPS) is 17.3. The highest BCUT2D eigenvalue weighted by Crippen LogP contribution is 2.37. The highest BCUT2D eigenvalue weighted by molar-refractivity contribution is 5.34. The van der Waals surface area contributed by atoms with Crippen molar-refractivity contribution in [2.45, 2.75) is 31.7 Å². The van der Waals surface area contributed by atoms with Crippen LogP contribution >= 0.6 is 0 Å². The van der Waals surface area contributed by atoms with Crippen LogP contribution in [-0.4, -0.2) is 17.5 Å². The summed E-state index contributed by atoms with van der Waals surface area (Å²) in [5, 5.41) is 9.28. The monoisotopic (exact) mass is 250 g/mol. The van der Waals surface area contributed by atoms with Crippen LogP contribution in [0.3, 0.4) is 0 Å². The Morgan fingerprint density at radius 3 is 2.47 bits per heavy atom. The number of rotatable bonds is 3. The van der Waals surface area contributed by atoms with E-state index in [9.17, 15) is 22.7 Å². The molecule has 2 nitrogen and oxygen atoms in total. The lowest BCUT2D eigenvalue weighted by atomic mass is 9.99. The summed E-state index contributed by atoms with van der Waals surface area (Å²) in [7, 11) is 0. The molecule has 17 heavy (non-hydrogen) atoms. The minimum Gasteiger partial charge on any atom is -0.382 e. The number of hydrogen-bond donors (Lipinski definition) is 1. The average Bonchev–Trinajstić information content (AvgIpc) is 2.74. The molecule has 0 spiro atoms. The molecule has 1 aromatic rings. The highest BCUT2D eigenvalue weighted by Gasteiger charge is 2.48. The van der Waals surface area contributed by atoms with Gasteiger partial charge in [-0.1, -0.05) is 18.2 Å². The first-order valence-electron chi connectivity index (χ1n) is 4.96. The number of hydrogen-bond acceptors (Lipinski definition) is 2. The summed E-state index contributed by atoms with van der Waals surface area (Å²) in [4.78, 5) is 0. The van der Waals surface area contributed by atoms with Crippen molar-refractivity contribution in [1.29, 1.82) is 0 Å². The van der Waals surface area contributed by atoms with Crippen LogP contribution in [0.2, 0.25) is 0 Å². The molecule has 2 rings (SSSR count). The molecule has 1 aliphatic rings. The van der Waals surface area contributed by atoms with Crippen molar-refractivity contribution >= 4 is 0 Å². The summed E-state index contributed by atoms with van der Waals surface area (Å²) in [6, 6.07) is 4.00. The third kappa shape index (κ3) is 2.14. The molecule has 0 bridgehead atoms. The summed E-state index contributed by atoms with van der Waals surface area (Å²) in [6.07, 6.45) is -6.41. The Hall–Kier alpha value is -1.14. The predicted molar refractivity (Wildman–Crippen MR) is 50.8 cm³/mol. The third-order valence-electron chi connectivity index (χ3n) is 2.72. The van der Waals surface area contributed by atoms with Gasteiger partial charge in [-0.25, -0.2) is 8.78 Å². The minimum atomic E-state index is -4.45. The van der Waals surface area contributed by atoms with E-state index in [4.69, 9.17) is 4.74 Å². The topological polar surface area (TPSA) is 29.5 Å². The third-order valence-corrected chi connectivity index (χ3v) is 2.72. The molecule has 0 aromatic heterocycles. The number of fused-ring (bicyclic) bond motifs is 1. The van der Waals surface area contributed by atoms with Gasteiger partial charge in [0, 0.05) is 0 Å². The van der Waals surface area contributed by atoms with E-state index < -0.39 is 18.5 Å². The van der Waals surface area contributed by atoms with Crippen LogP contribution in [0.25, 0.3) is 0 Å². The van der Waals surface area contributed by atoms with Gasteiger partial charge in [0.15, 0.2) is 0 Å². The standard InChI is InChI=1S/C11H10F4O2/c12-10(13)11(14,15)9(16)6-1-2-7-4-17-5-8(7)3-6/h1-3,9-10,16H,4-5H2. The van der Waals surface area contributed by atoms with Crippen molar-refractivity contribution in [3.8, 4) is 0 Å². The molecule has 0 amide bonds. The molecule has 1 heterocycles. The lowest BCUT2D eigenvalue weighted by Crippen LogP contribution is -2.34. The Morgan fingerprint density at radius 1 is 1.18 bits per heavy atom. The van der Waals surface area contributed by atoms with Crippen molar-refractivity contribution in [3.05, 3.63) is 34.9 Å². The zero-order chi connectivity index (χ0) is 12.6. The Kier molecular flexibility index (Phi) is 3.09. The van der Waals surface area contributed by atoms with Gasteiger partial charge in [-0.15, -0.1) is 0 Å². The summed E-state index contributed by atoms with van der Waals surface area (Å²) >= 11 is 0. The minimum absolute atomic E-state index is 0.223. The van der Waals surface area contributed by atoms with Crippen molar-refractivity contribution < 1.29 is 27.4 Å². The maximum Gasteiger partial charge on any atom is 0.336 e. The molecule has 0 fully saturated rings. The van der Waals surface area contributed by atoms with E-state index in [0.717, 1.165) is 5.56 Å². The van der Waals surface area contributed by atoms with E-state index in [2.05, 4.69) is 0 Å².